The van der Waals surface area contributed by atoms with Crippen molar-refractivity contribution in [1.82, 2.24) is 5.43 Å². The predicted molar refractivity (Wildman–Crippen MR) is 123 cm³/mol. The van der Waals surface area contributed by atoms with Gasteiger partial charge in [0.2, 0.25) is 0 Å². The number of carbonyl (C=O) groups excluding carboxylic acids is 3. The third kappa shape index (κ3) is 6.51. The fourth-order valence-electron chi connectivity index (χ4n) is 2.49. The Morgan fingerprint density at radius 1 is 0.906 bits per heavy atom. The number of nitrogens with one attached hydrogen (secondary N) is 2. The van der Waals surface area contributed by atoms with E-state index in [1.54, 1.807) is 72.8 Å². The summed E-state index contributed by atoms with van der Waals surface area (Å²) < 4.78 is 11.3. The molecule has 3 aromatic carbocycles. The fraction of sp³-hybridized carbons (Fsp3) is 0.0435. The average Bonchev–Trinajstić information content (AvgIpc) is 2.80. The van der Waals surface area contributed by atoms with Gasteiger partial charge in [-0.2, -0.15) is 5.10 Å². The van der Waals surface area contributed by atoms with Gasteiger partial charge in [-0.3, -0.25) is 9.59 Å². The first-order valence-electron chi connectivity index (χ1n) is 9.31. The van der Waals surface area contributed by atoms with Gasteiger partial charge in [-0.15, -0.1) is 0 Å². The zero-order valence-electron chi connectivity index (χ0n) is 16.9. The van der Waals surface area contributed by atoms with Crippen LogP contribution < -0.4 is 20.2 Å². The van der Waals surface area contributed by atoms with Gasteiger partial charge in [-0.25, -0.2) is 10.2 Å². The fourth-order valence-corrected chi connectivity index (χ4v) is 2.75. The van der Waals surface area contributed by atoms with Crippen LogP contribution in [0, 0.1) is 0 Å². The highest BCUT2D eigenvalue weighted by Gasteiger charge is 2.13. The lowest BCUT2D eigenvalue weighted by Crippen LogP contribution is -2.32. The number of methoxy groups -OCH3 is 1. The van der Waals surface area contributed by atoms with E-state index in [1.165, 1.54) is 13.3 Å². The van der Waals surface area contributed by atoms with Gasteiger partial charge in [0, 0.05) is 10.2 Å². The summed E-state index contributed by atoms with van der Waals surface area (Å²) in [6.45, 7) is 0. The van der Waals surface area contributed by atoms with E-state index in [2.05, 4.69) is 31.8 Å². The Labute approximate surface area is 192 Å². The highest BCUT2D eigenvalue weighted by molar-refractivity contribution is 9.10. The minimum Gasteiger partial charge on any atom is -0.497 e. The number of ether oxygens (including phenoxy) is 2. The van der Waals surface area contributed by atoms with E-state index in [-0.39, 0.29) is 0 Å². The van der Waals surface area contributed by atoms with Crippen molar-refractivity contribution < 1.29 is 23.9 Å². The van der Waals surface area contributed by atoms with Gasteiger partial charge in [0.05, 0.1) is 18.9 Å². The number of rotatable bonds is 6. The number of anilines is 1. The molecule has 0 aliphatic rings. The van der Waals surface area contributed by atoms with E-state index < -0.39 is 17.8 Å². The first kappa shape index (κ1) is 22.7. The molecule has 2 N–H and O–H groups in total. The summed E-state index contributed by atoms with van der Waals surface area (Å²) in [5.41, 5.74) is 3.55. The molecule has 0 heterocycles. The summed E-state index contributed by atoms with van der Waals surface area (Å²) in [5, 5.41) is 6.23. The highest BCUT2D eigenvalue weighted by atomic mass is 79.9. The van der Waals surface area contributed by atoms with Crippen LogP contribution in [0.5, 0.6) is 11.5 Å². The molecule has 0 aromatic heterocycles. The minimum absolute atomic E-state index is 0.300. The molecular formula is C23H18BrN3O5. The largest absolute Gasteiger partial charge is 0.497 e. The zero-order chi connectivity index (χ0) is 22.9. The summed E-state index contributed by atoms with van der Waals surface area (Å²) in [5.74, 6) is -1.38. The second kappa shape index (κ2) is 10.9. The predicted octanol–water partition coefficient (Wildman–Crippen LogP) is 3.77. The number of esters is 1. The van der Waals surface area contributed by atoms with Crippen LogP contribution in [0.4, 0.5) is 5.69 Å². The van der Waals surface area contributed by atoms with Gasteiger partial charge >= 0.3 is 17.8 Å². The molecule has 0 radical (unpaired) electrons. The number of hydrogen-bond donors (Lipinski definition) is 2. The van der Waals surface area contributed by atoms with Crippen molar-refractivity contribution in [3.8, 4) is 11.5 Å². The lowest BCUT2D eigenvalue weighted by atomic mass is 10.2. The maximum Gasteiger partial charge on any atom is 0.343 e. The molecule has 9 heteroatoms. The van der Waals surface area contributed by atoms with Crippen LogP contribution in [0.25, 0.3) is 0 Å². The Morgan fingerprint density at radius 3 is 2.31 bits per heavy atom. The maximum atomic E-state index is 12.3. The second-order valence-corrected chi connectivity index (χ2v) is 7.27. The number of nitrogens with zero attached hydrogens (tertiary/aromatic N) is 1. The van der Waals surface area contributed by atoms with E-state index in [0.717, 1.165) is 4.47 Å². The standard InChI is InChI=1S/C23H18BrN3O5/c1-31-19-11-5-16(6-12-19)23(30)32-20-4-2-3-15(13-20)14-25-27-22(29)21(28)26-18-9-7-17(24)8-10-18/h2-14H,1H3,(H,26,28)(H,27,29)/b25-14+. The topological polar surface area (TPSA) is 106 Å². The molecule has 0 saturated carbocycles. The van der Waals surface area contributed by atoms with Crippen molar-refractivity contribution in [3.05, 3.63) is 88.4 Å². The number of benzene rings is 3. The van der Waals surface area contributed by atoms with Gasteiger partial charge in [-0.1, -0.05) is 28.1 Å². The first-order valence-corrected chi connectivity index (χ1v) is 10.1. The summed E-state index contributed by atoms with van der Waals surface area (Å²) in [7, 11) is 1.54. The molecule has 0 atom stereocenters. The monoisotopic (exact) mass is 495 g/mol. The second-order valence-electron chi connectivity index (χ2n) is 6.35. The van der Waals surface area contributed by atoms with Gasteiger partial charge in [-0.05, 0) is 66.2 Å². The SMILES string of the molecule is COc1ccc(C(=O)Oc2cccc(/C=N/NC(=O)C(=O)Nc3ccc(Br)cc3)c2)cc1. The molecule has 3 rings (SSSR count). The van der Waals surface area contributed by atoms with Crippen LogP contribution in [0.15, 0.2) is 82.4 Å². The van der Waals surface area contributed by atoms with E-state index >= 15 is 0 Å². The van der Waals surface area contributed by atoms with E-state index in [4.69, 9.17) is 9.47 Å². The van der Waals surface area contributed by atoms with Crippen LogP contribution >= 0.6 is 15.9 Å². The Hall–Kier alpha value is -3.98. The molecule has 0 unspecified atom stereocenters. The molecule has 0 spiro atoms. The number of hydrogen-bond acceptors (Lipinski definition) is 6. The lowest BCUT2D eigenvalue weighted by molar-refractivity contribution is -0.136. The Balaban J connectivity index is 1.55. The number of amides is 2. The summed E-state index contributed by atoms with van der Waals surface area (Å²) >= 11 is 3.29. The molecule has 162 valence electrons. The van der Waals surface area contributed by atoms with Crippen molar-refractivity contribution in [2.45, 2.75) is 0 Å². The van der Waals surface area contributed by atoms with Crippen LogP contribution in [0.1, 0.15) is 15.9 Å². The Bertz CT molecular complexity index is 1150. The van der Waals surface area contributed by atoms with Gasteiger partial charge in [0.15, 0.2) is 0 Å². The van der Waals surface area contributed by atoms with E-state index in [9.17, 15) is 14.4 Å². The summed E-state index contributed by atoms with van der Waals surface area (Å²) in [4.78, 5) is 36.1. The Kier molecular flexibility index (Phi) is 7.71. The van der Waals surface area contributed by atoms with Crippen molar-refractivity contribution >= 4 is 45.6 Å². The molecule has 0 aliphatic heterocycles. The van der Waals surface area contributed by atoms with Gasteiger partial charge in [0.25, 0.3) is 0 Å². The quantitative estimate of drug-likeness (QED) is 0.178. The van der Waals surface area contributed by atoms with Crippen LogP contribution in [0.3, 0.4) is 0 Å². The Morgan fingerprint density at radius 2 is 1.62 bits per heavy atom. The molecular weight excluding hydrogens is 478 g/mol. The molecule has 3 aromatic rings. The normalized spacial score (nSPS) is 10.4. The van der Waals surface area contributed by atoms with Crippen molar-refractivity contribution in [1.29, 1.82) is 0 Å². The first-order chi connectivity index (χ1) is 15.4. The van der Waals surface area contributed by atoms with Crippen molar-refractivity contribution in [2.24, 2.45) is 5.10 Å². The number of carbonyl (C=O) groups is 3. The summed E-state index contributed by atoms with van der Waals surface area (Å²) in [6, 6.07) is 19.8. The maximum absolute atomic E-state index is 12.3. The number of hydrazone groups is 1. The van der Waals surface area contributed by atoms with Gasteiger partial charge < -0.3 is 14.8 Å². The van der Waals surface area contributed by atoms with Crippen LogP contribution in [0.2, 0.25) is 0 Å². The summed E-state index contributed by atoms with van der Waals surface area (Å²) in [6.07, 6.45) is 1.33. The molecule has 0 aliphatic carbocycles. The van der Waals surface area contributed by atoms with Crippen molar-refractivity contribution in [3.63, 3.8) is 0 Å². The number of halogens is 1. The minimum atomic E-state index is -0.925. The third-order valence-electron chi connectivity index (χ3n) is 4.08. The molecule has 0 saturated heterocycles. The zero-order valence-corrected chi connectivity index (χ0v) is 18.5. The van der Waals surface area contributed by atoms with Crippen molar-refractivity contribution in [2.75, 3.05) is 12.4 Å². The molecule has 0 bridgehead atoms. The van der Waals surface area contributed by atoms with Crippen LogP contribution in [-0.2, 0) is 9.59 Å². The average molecular weight is 496 g/mol. The smallest absolute Gasteiger partial charge is 0.343 e. The van der Waals surface area contributed by atoms with Gasteiger partial charge in [0.1, 0.15) is 11.5 Å². The van der Waals surface area contributed by atoms with E-state index in [1.807, 2.05) is 0 Å². The third-order valence-corrected chi connectivity index (χ3v) is 4.61. The lowest BCUT2D eigenvalue weighted by Gasteiger charge is -2.06. The molecule has 8 nitrogen and oxygen atoms in total. The molecule has 32 heavy (non-hydrogen) atoms. The highest BCUT2D eigenvalue weighted by Crippen LogP contribution is 2.17. The molecule has 0 fully saturated rings. The molecule has 2 amide bonds. The van der Waals surface area contributed by atoms with Crippen LogP contribution in [-0.4, -0.2) is 31.1 Å². The van der Waals surface area contributed by atoms with E-state index in [0.29, 0.717) is 28.3 Å².